The maximum atomic E-state index is 5.67. The van der Waals surface area contributed by atoms with Crippen LogP contribution in [0.1, 0.15) is 33.6 Å². The first-order valence-corrected chi connectivity index (χ1v) is 6.38. The minimum Gasteiger partial charge on any atom is -0.498 e. The van der Waals surface area contributed by atoms with Crippen LogP contribution in [0.3, 0.4) is 0 Å². The van der Waals surface area contributed by atoms with Gasteiger partial charge in [0.15, 0.2) is 0 Å². The second-order valence-corrected chi connectivity index (χ2v) is 4.90. The molecule has 1 aliphatic carbocycles. The van der Waals surface area contributed by atoms with Crippen LogP contribution in [-0.2, 0) is 4.74 Å². The van der Waals surface area contributed by atoms with Gasteiger partial charge >= 0.3 is 0 Å². The largest absolute Gasteiger partial charge is 0.498 e. The van der Waals surface area contributed by atoms with Crippen molar-refractivity contribution in [1.82, 2.24) is 0 Å². The molecule has 0 aromatic heterocycles. The molecule has 92 valence electrons. The van der Waals surface area contributed by atoms with Gasteiger partial charge in [0.25, 0.3) is 0 Å². The van der Waals surface area contributed by atoms with Gasteiger partial charge in [0.1, 0.15) is 0 Å². The Bertz CT molecular complexity index is 382. The molecule has 0 spiro atoms. The van der Waals surface area contributed by atoms with Gasteiger partial charge in [0.2, 0.25) is 0 Å². The van der Waals surface area contributed by atoms with Crippen LogP contribution in [0.2, 0.25) is 0 Å². The molecule has 0 N–H and O–H groups in total. The van der Waals surface area contributed by atoms with Crippen LogP contribution in [0.5, 0.6) is 0 Å². The molecule has 0 saturated heterocycles. The van der Waals surface area contributed by atoms with E-state index in [0.29, 0.717) is 0 Å². The molecule has 17 heavy (non-hydrogen) atoms. The molecular weight excluding hydrogens is 228 g/mol. The molecule has 0 radical (unpaired) electrons. The molecular formula is C15H20OS. The molecule has 1 unspecified atom stereocenters. The summed E-state index contributed by atoms with van der Waals surface area (Å²) < 4.78 is 5.67. The van der Waals surface area contributed by atoms with Crippen molar-refractivity contribution in [3.8, 4) is 0 Å². The number of rotatable bonds is 5. The first-order chi connectivity index (χ1) is 8.09. The summed E-state index contributed by atoms with van der Waals surface area (Å²) in [5, 5.41) is 0. The lowest BCUT2D eigenvalue weighted by molar-refractivity contribution is 0.153. The van der Waals surface area contributed by atoms with Gasteiger partial charge in [-0.25, -0.2) is 0 Å². The van der Waals surface area contributed by atoms with Crippen molar-refractivity contribution in [1.29, 1.82) is 0 Å². The highest BCUT2D eigenvalue weighted by molar-refractivity contribution is 7.81. The predicted molar refractivity (Wildman–Crippen MR) is 78.2 cm³/mol. The minimum atomic E-state index is 0.222. The molecule has 0 aliphatic heterocycles. The van der Waals surface area contributed by atoms with Crippen LogP contribution in [0.4, 0.5) is 0 Å². The topological polar surface area (TPSA) is 9.23 Å². The summed E-state index contributed by atoms with van der Waals surface area (Å²) in [5.41, 5.74) is 2.34. The van der Waals surface area contributed by atoms with E-state index in [-0.39, 0.29) is 6.10 Å². The van der Waals surface area contributed by atoms with Gasteiger partial charge in [0, 0.05) is 10.4 Å². The van der Waals surface area contributed by atoms with E-state index in [1.165, 1.54) is 5.57 Å². The van der Waals surface area contributed by atoms with Crippen molar-refractivity contribution >= 4 is 17.1 Å². The SMILES string of the molecule is CC(C)=CCCC(C)O/C=C1\C=CC=CC1=S. The van der Waals surface area contributed by atoms with E-state index in [0.717, 1.165) is 23.3 Å². The molecule has 0 bridgehead atoms. The van der Waals surface area contributed by atoms with Gasteiger partial charge < -0.3 is 4.74 Å². The Hall–Kier alpha value is -1.15. The molecule has 0 fully saturated rings. The highest BCUT2D eigenvalue weighted by Gasteiger charge is 2.04. The fourth-order valence-electron chi connectivity index (χ4n) is 1.44. The first-order valence-electron chi connectivity index (χ1n) is 5.97. The normalized spacial score (nSPS) is 18.3. The molecule has 0 aromatic carbocycles. The third-order valence-corrected chi connectivity index (χ3v) is 2.84. The quantitative estimate of drug-likeness (QED) is 0.306. The molecule has 1 nitrogen and oxygen atoms in total. The van der Waals surface area contributed by atoms with E-state index in [1.54, 1.807) is 6.26 Å². The van der Waals surface area contributed by atoms with Crippen LogP contribution < -0.4 is 0 Å². The number of hydrogen-bond donors (Lipinski definition) is 0. The second-order valence-electron chi connectivity index (χ2n) is 4.46. The lowest BCUT2D eigenvalue weighted by Crippen LogP contribution is -2.05. The molecule has 1 atom stereocenters. The van der Waals surface area contributed by atoms with Crippen LogP contribution in [-0.4, -0.2) is 11.0 Å². The lowest BCUT2D eigenvalue weighted by Gasteiger charge is -2.12. The van der Waals surface area contributed by atoms with Crippen molar-refractivity contribution in [2.75, 3.05) is 0 Å². The van der Waals surface area contributed by atoms with E-state index < -0.39 is 0 Å². The number of hydrogen-bond acceptors (Lipinski definition) is 2. The number of thiocarbonyl (C=S) groups is 1. The summed E-state index contributed by atoms with van der Waals surface area (Å²) in [6, 6.07) is 0. The van der Waals surface area contributed by atoms with Gasteiger partial charge in [-0.2, -0.15) is 0 Å². The second kappa shape index (κ2) is 7.23. The van der Waals surface area contributed by atoms with E-state index in [4.69, 9.17) is 17.0 Å². The predicted octanol–water partition coefficient (Wildman–Crippen LogP) is 4.52. The van der Waals surface area contributed by atoms with E-state index in [2.05, 4.69) is 26.8 Å². The fraction of sp³-hybridized carbons (Fsp3) is 0.400. The van der Waals surface area contributed by atoms with Gasteiger partial charge in [-0.15, -0.1) is 0 Å². The Labute approximate surface area is 110 Å². The Morgan fingerprint density at radius 3 is 2.71 bits per heavy atom. The van der Waals surface area contributed by atoms with E-state index >= 15 is 0 Å². The summed E-state index contributed by atoms with van der Waals surface area (Å²) >= 11 is 5.20. The highest BCUT2D eigenvalue weighted by Crippen LogP contribution is 2.11. The van der Waals surface area contributed by atoms with Crippen molar-refractivity contribution in [2.24, 2.45) is 0 Å². The Kier molecular flexibility index (Phi) is 5.92. The van der Waals surface area contributed by atoms with Crippen LogP contribution in [0, 0.1) is 0 Å². The monoisotopic (exact) mass is 248 g/mol. The maximum Gasteiger partial charge on any atom is 0.0953 e. The highest BCUT2D eigenvalue weighted by atomic mass is 32.1. The van der Waals surface area contributed by atoms with Gasteiger partial charge in [-0.1, -0.05) is 42.1 Å². The van der Waals surface area contributed by atoms with Crippen LogP contribution in [0.25, 0.3) is 0 Å². The average molecular weight is 248 g/mol. The zero-order valence-corrected chi connectivity index (χ0v) is 11.6. The van der Waals surface area contributed by atoms with Gasteiger partial charge in [0.05, 0.1) is 12.4 Å². The molecule has 1 rings (SSSR count). The first kappa shape index (κ1) is 13.9. The summed E-state index contributed by atoms with van der Waals surface area (Å²) in [7, 11) is 0. The summed E-state index contributed by atoms with van der Waals surface area (Å²) in [4.78, 5) is 0.837. The molecule has 0 heterocycles. The molecule has 1 aliphatic rings. The minimum absolute atomic E-state index is 0.222. The van der Waals surface area contributed by atoms with Gasteiger partial charge in [-0.3, -0.25) is 0 Å². The van der Waals surface area contributed by atoms with Crippen molar-refractivity contribution in [3.05, 3.63) is 47.8 Å². The smallest absolute Gasteiger partial charge is 0.0953 e. The van der Waals surface area contributed by atoms with Crippen molar-refractivity contribution < 1.29 is 4.74 Å². The zero-order valence-electron chi connectivity index (χ0n) is 10.8. The maximum absolute atomic E-state index is 5.67. The van der Waals surface area contributed by atoms with Crippen LogP contribution in [0.15, 0.2) is 47.8 Å². The Balaban J connectivity index is 2.37. The summed E-state index contributed by atoms with van der Waals surface area (Å²) in [6.45, 7) is 6.32. The van der Waals surface area contributed by atoms with Crippen molar-refractivity contribution in [2.45, 2.75) is 39.7 Å². The zero-order chi connectivity index (χ0) is 12.7. The Morgan fingerprint density at radius 2 is 2.06 bits per heavy atom. The lowest BCUT2D eigenvalue weighted by atomic mass is 10.1. The molecule has 0 aromatic rings. The van der Waals surface area contributed by atoms with E-state index in [1.807, 2.05) is 24.3 Å². The average Bonchev–Trinajstić information content (AvgIpc) is 2.27. The molecule has 2 heteroatoms. The summed E-state index contributed by atoms with van der Waals surface area (Å²) in [5.74, 6) is 0. The third kappa shape index (κ3) is 5.64. The Morgan fingerprint density at radius 1 is 1.35 bits per heavy atom. The number of allylic oxidation sites excluding steroid dienone is 7. The third-order valence-electron chi connectivity index (χ3n) is 2.47. The fourth-order valence-corrected chi connectivity index (χ4v) is 1.64. The van der Waals surface area contributed by atoms with E-state index in [9.17, 15) is 0 Å². The number of ether oxygens (including phenoxy) is 1. The van der Waals surface area contributed by atoms with Gasteiger partial charge in [-0.05, 0) is 39.7 Å². The molecule has 0 saturated carbocycles. The summed E-state index contributed by atoms with van der Waals surface area (Å²) in [6.07, 6.45) is 14.1. The van der Waals surface area contributed by atoms with Crippen molar-refractivity contribution in [3.63, 3.8) is 0 Å². The molecule has 0 amide bonds. The van der Waals surface area contributed by atoms with Crippen LogP contribution >= 0.6 is 12.2 Å². The standard InChI is InChI=1S/C15H20OS/c1-12(2)7-6-8-13(3)16-11-14-9-4-5-10-15(14)17/h4-5,7,9-11,13H,6,8H2,1-3H3/b14-11+.